The van der Waals surface area contributed by atoms with Gasteiger partial charge in [0.1, 0.15) is 12.7 Å². The monoisotopic (exact) mass is 377 g/mol. The molecule has 1 amide bonds. The van der Waals surface area contributed by atoms with Gasteiger partial charge in [0.2, 0.25) is 5.91 Å². The molecule has 1 aromatic carbocycles. The molecule has 3 N–H and O–H groups in total. The average Bonchev–Trinajstić information content (AvgIpc) is 2.71. The molecule has 3 rings (SSSR count). The van der Waals surface area contributed by atoms with Crippen molar-refractivity contribution in [3.8, 4) is 0 Å². The van der Waals surface area contributed by atoms with Gasteiger partial charge in [-0.3, -0.25) is 4.79 Å². The van der Waals surface area contributed by atoms with Crippen LogP contribution in [0.3, 0.4) is 0 Å². The number of carbonyl (C=O) groups is 1. The number of hydrogen-bond donors (Lipinski definition) is 3. The maximum Gasteiger partial charge on any atom is 0.246 e. The van der Waals surface area contributed by atoms with Gasteiger partial charge in [0, 0.05) is 13.7 Å². The fourth-order valence-electron chi connectivity index (χ4n) is 4.90. The van der Waals surface area contributed by atoms with Gasteiger partial charge in [0.15, 0.2) is 0 Å². The van der Waals surface area contributed by atoms with Crippen molar-refractivity contribution in [1.29, 1.82) is 0 Å². The van der Waals surface area contributed by atoms with Crippen molar-refractivity contribution in [2.45, 2.75) is 68.3 Å². The van der Waals surface area contributed by atoms with Crippen molar-refractivity contribution >= 4 is 5.91 Å². The molecule has 150 valence electrons. The number of rotatable bonds is 6. The normalized spacial score (nSPS) is 36.1. The van der Waals surface area contributed by atoms with E-state index in [1.807, 2.05) is 25.1 Å². The summed E-state index contributed by atoms with van der Waals surface area (Å²) in [7, 11) is 1.47. The van der Waals surface area contributed by atoms with E-state index < -0.39 is 23.3 Å². The zero-order valence-corrected chi connectivity index (χ0v) is 16.2. The van der Waals surface area contributed by atoms with E-state index in [9.17, 15) is 15.0 Å². The maximum absolute atomic E-state index is 12.0. The van der Waals surface area contributed by atoms with E-state index in [2.05, 4.69) is 17.4 Å². The molecule has 2 heterocycles. The van der Waals surface area contributed by atoms with E-state index in [4.69, 9.17) is 9.47 Å². The first-order valence-corrected chi connectivity index (χ1v) is 9.74. The number of aliphatic hydroxyl groups is 2. The highest BCUT2D eigenvalue weighted by molar-refractivity contribution is 5.77. The molecule has 1 aromatic rings. The highest BCUT2D eigenvalue weighted by Gasteiger charge is 2.54. The first-order valence-electron chi connectivity index (χ1n) is 9.74. The maximum atomic E-state index is 12.0. The molecular weight excluding hydrogens is 346 g/mol. The Kier molecular flexibility index (Phi) is 6.21. The van der Waals surface area contributed by atoms with Gasteiger partial charge in [0.05, 0.1) is 17.2 Å². The minimum absolute atomic E-state index is 0.0325. The Balaban J connectivity index is 1.89. The summed E-state index contributed by atoms with van der Waals surface area (Å²) in [5, 5.41) is 23.7. The molecule has 0 radical (unpaired) electrons. The van der Waals surface area contributed by atoms with Crippen LogP contribution in [-0.2, 0) is 14.3 Å². The quantitative estimate of drug-likeness (QED) is 0.703. The van der Waals surface area contributed by atoms with Crippen LogP contribution in [0.5, 0.6) is 0 Å². The third-order valence-corrected chi connectivity index (χ3v) is 6.10. The van der Waals surface area contributed by atoms with Gasteiger partial charge >= 0.3 is 0 Å². The van der Waals surface area contributed by atoms with Crippen molar-refractivity contribution in [1.82, 2.24) is 5.32 Å². The van der Waals surface area contributed by atoms with E-state index >= 15 is 0 Å². The second kappa shape index (κ2) is 8.27. The van der Waals surface area contributed by atoms with Crippen molar-refractivity contribution in [2.75, 3.05) is 20.3 Å². The molecule has 2 saturated heterocycles. The molecule has 0 aliphatic carbocycles. The Hall–Kier alpha value is -1.47. The number of hydrogen-bond acceptors (Lipinski definition) is 5. The number of carbonyl (C=O) groups excluding carboxylic acids is 1. The standard InChI is InChI=1S/C21H31NO5/c1-20-12-16(15-6-4-3-5-7-15)13-21(27-20,10-11-23)9-8-17(19(20)25)22-18(24)14-26-2/h3-7,16-17,19,23,25H,8-14H2,1-2H3,(H,22,24)/t16-,17-,19+,20+,21-/m1/s1. The van der Waals surface area contributed by atoms with Gasteiger partial charge in [-0.1, -0.05) is 30.3 Å². The number of fused-ring (bicyclic) bond motifs is 2. The Morgan fingerprint density at radius 3 is 2.74 bits per heavy atom. The first-order chi connectivity index (χ1) is 12.9. The molecule has 0 aromatic heterocycles. The second-order valence-electron chi connectivity index (χ2n) is 8.18. The number of methoxy groups -OCH3 is 1. The molecule has 6 nitrogen and oxygen atoms in total. The molecule has 6 heteroatoms. The van der Waals surface area contributed by atoms with Gasteiger partial charge < -0.3 is 25.0 Å². The number of nitrogens with one attached hydrogen (secondary N) is 1. The van der Waals surface area contributed by atoms with Crippen LogP contribution in [0.15, 0.2) is 30.3 Å². The smallest absolute Gasteiger partial charge is 0.246 e. The van der Waals surface area contributed by atoms with Crippen LogP contribution in [0.25, 0.3) is 0 Å². The van der Waals surface area contributed by atoms with Crippen LogP contribution in [0, 0.1) is 0 Å². The fourth-order valence-corrected chi connectivity index (χ4v) is 4.90. The van der Waals surface area contributed by atoms with Crippen LogP contribution in [0.1, 0.15) is 50.5 Å². The van der Waals surface area contributed by atoms with Crippen molar-refractivity contribution in [3.05, 3.63) is 35.9 Å². The summed E-state index contributed by atoms with van der Waals surface area (Å²) in [4.78, 5) is 12.0. The Labute approximate surface area is 160 Å². The molecule has 2 fully saturated rings. The van der Waals surface area contributed by atoms with Gasteiger partial charge in [-0.25, -0.2) is 0 Å². The number of ether oxygens (including phenoxy) is 2. The lowest BCUT2D eigenvalue weighted by Gasteiger charge is -2.50. The molecule has 5 atom stereocenters. The lowest BCUT2D eigenvalue weighted by atomic mass is 9.73. The number of aliphatic hydroxyl groups excluding tert-OH is 2. The van der Waals surface area contributed by atoms with Gasteiger partial charge in [-0.15, -0.1) is 0 Å². The predicted octanol–water partition coefficient (Wildman–Crippen LogP) is 1.75. The fraction of sp³-hybridized carbons (Fsp3) is 0.667. The van der Waals surface area contributed by atoms with Crippen LogP contribution < -0.4 is 5.32 Å². The predicted molar refractivity (Wildman–Crippen MR) is 101 cm³/mol. The molecule has 2 aliphatic heterocycles. The highest BCUT2D eigenvalue weighted by Crippen LogP contribution is 2.51. The molecular formula is C21H31NO5. The van der Waals surface area contributed by atoms with Crippen molar-refractivity contribution in [3.63, 3.8) is 0 Å². The van der Waals surface area contributed by atoms with E-state index in [0.29, 0.717) is 25.7 Å². The van der Waals surface area contributed by atoms with Gasteiger partial charge in [-0.05, 0) is 50.5 Å². The highest BCUT2D eigenvalue weighted by atomic mass is 16.5. The summed E-state index contributed by atoms with van der Waals surface area (Å²) in [6.45, 7) is 1.93. The summed E-state index contributed by atoms with van der Waals surface area (Å²) in [6, 6.07) is 9.88. The third kappa shape index (κ3) is 4.35. The summed E-state index contributed by atoms with van der Waals surface area (Å²) < 4.78 is 11.4. The van der Waals surface area contributed by atoms with E-state index in [1.165, 1.54) is 12.7 Å². The Morgan fingerprint density at radius 1 is 1.33 bits per heavy atom. The van der Waals surface area contributed by atoms with Crippen LogP contribution in [-0.4, -0.2) is 59.8 Å². The van der Waals surface area contributed by atoms with Crippen molar-refractivity contribution in [2.24, 2.45) is 0 Å². The van der Waals surface area contributed by atoms with Gasteiger partial charge in [0.25, 0.3) is 0 Å². The third-order valence-electron chi connectivity index (χ3n) is 6.10. The Bertz CT molecular complexity index is 639. The molecule has 27 heavy (non-hydrogen) atoms. The largest absolute Gasteiger partial charge is 0.396 e. The van der Waals surface area contributed by atoms with Gasteiger partial charge in [-0.2, -0.15) is 0 Å². The summed E-state index contributed by atoms with van der Waals surface area (Å²) in [5.41, 5.74) is -0.0669. The molecule has 0 saturated carbocycles. The Morgan fingerprint density at radius 2 is 2.07 bits per heavy atom. The van der Waals surface area contributed by atoms with Crippen LogP contribution in [0.4, 0.5) is 0 Å². The van der Waals surface area contributed by atoms with Crippen LogP contribution >= 0.6 is 0 Å². The molecule has 0 spiro atoms. The molecule has 0 unspecified atom stereocenters. The van der Waals surface area contributed by atoms with Crippen molar-refractivity contribution < 1.29 is 24.5 Å². The van der Waals surface area contributed by atoms with E-state index in [0.717, 1.165) is 6.42 Å². The first kappa shape index (κ1) is 20.3. The summed E-state index contributed by atoms with van der Waals surface area (Å²) in [6.07, 6.45) is 2.46. The van der Waals surface area contributed by atoms with Crippen LogP contribution in [0.2, 0.25) is 0 Å². The number of amides is 1. The SMILES string of the molecule is COCC(=O)N[C@@H]1CC[C@@]2(CCO)C[C@H](c3ccccc3)C[C@](C)(O2)[C@H]1O. The zero-order valence-electron chi connectivity index (χ0n) is 16.2. The minimum Gasteiger partial charge on any atom is -0.396 e. The summed E-state index contributed by atoms with van der Waals surface area (Å²) in [5.74, 6) is -0.00279. The second-order valence-corrected chi connectivity index (χ2v) is 8.18. The zero-order chi connectivity index (χ0) is 19.5. The number of benzene rings is 1. The van der Waals surface area contributed by atoms with E-state index in [-0.39, 0.29) is 25.0 Å². The molecule has 2 bridgehead atoms. The molecule has 2 aliphatic rings. The average molecular weight is 377 g/mol. The lowest BCUT2D eigenvalue weighted by molar-refractivity contribution is -0.223. The summed E-state index contributed by atoms with van der Waals surface area (Å²) >= 11 is 0. The lowest BCUT2D eigenvalue weighted by Crippen LogP contribution is -2.58. The van der Waals surface area contributed by atoms with E-state index in [1.54, 1.807) is 0 Å². The minimum atomic E-state index is -0.828. The topological polar surface area (TPSA) is 88.0 Å².